The van der Waals surface area contributed by atoms with Crippen LogP contribution in [0.2, 0.25) is 0 Å². The molecule has 2 aromatic heterocycles. The molecular weight excluding hydrogens is 326 g/mol. The topological polar surface area (TPSA) is 55.5 Å². The number of aromatic nitrogens is 4. The summed E-state index contributed by atoms with van der Waals surface area (Å²) < 4.78 is 7.60. The van der Waals surface area contributed by atoms with Crippen molar-refractivity contribution in [3.8, 4) is 5.75 Å². The van der Waals surface area contributed by atoms with E-state index in [1.807, 2.05) is 73.1 Å². The van der Waals surface area contributed by atoms with Crippen LogP contribution < -0.4 is 9.64 Å². The Labute approximate surface area is 152 Å². The minimum Gasteiger partial charge on any atom is -0.494 e. The first-order valence-corrected chi connectivity index (χ1v) is 8.73. The molecule has 0 spiro atoms. The molecule has 0 amide bonds. The van der Waals surface area contributed by atoms with Gasteiger partial charge in [-0.25, -0.2) is 9.97 Å². The minimum atomic E-state index is 0.654. The van der Waals surface area contributed by atoms with Crippen LogP contribution in [-0.2, 0) is 0 Å². The standard InChI is InChI=1S/C20H21N5O/c1-15-21-19-17-11-6-7-12-18(17)22-20(25(19)23-15)24(2)13-8-14-26-16-9-4-3-5-10-16/h3-7,9-12H,8,13-14H2,1-2H3. The van der Waals surface area contributed by atoms with E-state index in [2.05, 4.69) is 15.0 Å². The van der Waals surface area contributed by atoms with Crippen LogP contribution in [0.1, 0.15) is 12.2 Å². The van der Waals surface area contributed by atoms with Crippen molar-refractivity contribution in [3.63, 3.8) is 0 Å². The van der Waals surface area contributed by atoms with Gasteiger partial charge in [0.25, 0.3) is 0 Å². The van der Waals surface area contributed by atoms with Gasteiger partial charge in [0.05, 0.1) is 12.1 Å². The Morgan fingerprint density at radius 3 is 2.62 bits per heavy atom. The average molecular weight is 347 g/mol. The third kappa shape index (κ3) is 3.18. The lowest BCUT2D eigenvalue weighted by Crippen LogP contribution is -2.24. The lowest BCUT2D eigenvalue weighted by Gasteiger charge is -2.19. The lowest BCUT2D eigenvalue weighted by atomic mass is 10.2. The molecule has 0 atom stereocenters. The zero-order valence-electron chi connectivity index (χ0n) is 15.0. The Kier molecular flexibility index (Phi) is 4.39. The molecule has 26 heavy (non-hydrogen) atoms. The van der Waals surface area contributed by atoms with Crippen LogP contribution in [0.5, 0.6) is 5.75 Å². The third-order valence-electron chi connectivity index (χ3n) is 4.26. The third-order valence-corrected chi connectivity index (χ3v) is 4.26. The summed E-state index contributed by atoms with van der Waals surface area (Å²) in [6.45, 7) is 3.37. The number of fused-ring (bicyclic) bond motifs is 3. The SMILES string of the molecule is Cc1nc2c3ccccc3nc(N(C)CCCOc3ccccc3)n2n1. The number of aryl methyl sites for hydroxylation is 1. The van der Waals surface area contributed by atoms with Gasteiger partial charge < -0.3 is 9.64 Å². The van der Waals surface area contributed by atoms with Gasteiger partial charge in [-0.05, 0) is 37.6 Å². The first kappa shape index (κ1) is 16.3. The highest BCUT2D eigenvalue weighted by Crippen LogP contribution is 2.22. The molecule has 4 aromatic rings. The van der Waals surface area contributed by atoms with Crippen LogP contribution >= 0.6 is 0 Å². The highest BCUT2D eigenvalue weighted by atomic mass is 16.5. The highest BCUT2D eigenvalue weighted by Gasteiger charge is 2.14. The van der Waals surface area contributed by atoms with Crippen molar-refractivity contribution in [1.29, 1.82) is 0 Å². The van der Waals surface area contributed by atoms with Crippen molar-refractivity contribution in [3.05, 3.63) is 60.4 Å². The maximum absolute atomic E-state index is 5.77. The summed E-state index contributed by atoms with van der Waals surface area (Å²) in [7, 11) is 2.02. The molecule has 0 fully saturated rings. The Bertz CT molecular complexity index is 1030. The first-order valence-electron chi connectivity index (χ1n) is 8.73. The van der Waals surface area contributed by atoms with Crippen molar-refractivity contribution in [2.24, 2.45) is 0 Å². The summed E-state index contributed by atoms with van der Waals surface area (Å²) in [5, 5.41) is 5.54. The molecule has 0 aliphatic heterocycles. The number of benzene rings is 2. The summed E-state index contributed by atoms with van der Waals surface area (Å²) in [6, 6.07) is 17.9. The predicted octanol–water partition coefficient (Wildman–Crippen LogP) is 3.49. The van der Waals surface area contributed by atoms with Gasteiger partial charge in [-0.2, -0.15) is 4.52 Å². The Hall–Kier alpha value is -3.15. The molecular formula is C20H21N5O. The Morgan fingerprint density at radius 1 is 1.00 bits per heavy atom. The zero-order chi connectivity index (χ0) is 17.9. The highest BCUT2D eigenvalue weighted by molar-refractivity contribution is 5.92. The average Bonchev–Trinajstić information content (AvgIpc) is 3.07. The molecule has 132 valence electrons. The monoisotopic (exact) mass is 347 g/mol. The van der Waals surface area contributed by atoms with Gasteiger partial charge in [-0.15, -0.1) is 5.10 Å². The molecule has 2 heterocycles. The second-order valence-corrected chi connectivity index (χ2v) is 6.26. The smallest absolute Gasteiger partial charge is 0.228 e. The van der Waals surface area contributed by atoms with Crippen LogP contribution in [0.15, 0.2) is 54.6 Å². The van der Waals surface area contributed by atoms with Crippen molar-refractivity contribution in [1.82, 2.24) is 19.6 Å². The second-order valence-electron chi connectivity index (χ2n) is 6.26. The number of anilines is 1. The lowest BCUT2D eigenvalue weighted by molar-refractivity contribution is 0.312. The van der Waals surface area contributed by atoms with Crippen LogP contribution in [0.3, 0.4) is 0 Å². The second kappa shape index (κ2) is 7.00. The molecule has 0 bridgehead atoms. The van der Waals surface area contributed by atoms with Gasteiger partial charge in [-0.1, -0.05) is 30.3 Å². The fourth-order valence-electron chi connectivity index (χ4n) is 3.00. The van der Waals surface area contributed by atoms with Gasteiger partial charge in [-0.3, -0.25) is 0 Å². The predicted molar refractivity (Wildman–Crippen MR) is 103 cm³/mol. The van der Waals surface area contributed by atoms with Gasteiger partial charge in [0, 0.05) is 19.0 Å². The minimum absolute atomic E-state index is 0.654. The van der Waals surface area contributed by atoms with Crippen molar-refractivity contribution < 1.29 is 4.74 Å². The van der Waals surface area contributed by atoms with E-state index in [9.17, 15) is 0 Å². The van der Waals surface area contributed by atoms with Crippen molar-refractivity contribution in [2.75, 3.05) is 25.1 Å². The molecule has 6 nitrogen and oxygen atoms in total. The number of para-hydroxylation sites is 2. The van der Waals surface area contributed by atoms with E-state index in [1.165, 1.54) is 0 Å². The van der Waals surface area contributed by atoms with E-state index in [0.717, 1.165) is 47.0 Å². The van der Waals surface area contributed by atoms with E-state index in [1.54, 1.807) is 0 Å². The number of hydrogen-bond donors (Lipinski definition) is 0. The van der Waals surface area contributed by atoms with Crippen LogP contribution in [-0.4, -0.2) is 39.8 Å². The van der Waals surface area contributed by atoms with Gasteiger partial charge in [0.15, 0.2) is 5.65 Å². The molecule has 6 heteroatoms. The van der Waals surface area contributed by atoms with Crippen molar-refractivity contribution >= 4 is 22.5 Å². The summed E-state index contributed by atoms with van der Waals surface area (Å²) in [5.41, 5.74) is 1.77. The fourth-order valence-corrected chi connectivity index (χ4v) is 3.00. The first-order chi connectivity index (χ1) is 12.7. The van der Waals surface area contributed by atoms with Crippen LogP contribution in [0.25, 0.3) is 16.6 Å². The Balaban J connectivity index is 1.53. The molecule has 4 rings (SSSR count). The summed E-state index contributed by atoms with van der Waals surface area (Å²) in [4.78, 5) is 11.5. The fraction of sp³-hybridized carbons (Fsp3) is 0.250. The molecule has 0 saturated heterocycles. The van der Waals surface area contributed by atoms with Gasteiger partial charge in [0.2, 0.25) is 5.95 Å². The maximum Gasteiger partial charge on any atom is 0.228 e. The summed E-state index contributed by atoms with van der Waals surface area (Å²) in [5.74, 6) is 2.43. The van der Waals surface area contributed by atoms with E-state index >= 15 is 0 Å². The van der Waals surface area contributed by atoms with E-state index in [-0.39, 0.29) is 0 Å². The summed E-state index contributed by atoms with van der Waals surface area (Å²) in [6.07, 6.45) is 0.884. The van der Waals surface area contributed by atoms with Crippen LogP contribution in [0, 0.1) is 6.92 Å². The molecule has 0 N–H and O–H groups in total. The Morgan fingerprint density at radius 2 is 1.77 bits per heavy atom. The van der Waals surface area contributed by atoms with E-state index in [0.29, 0.717) is 6.61 Å². The molecule has 0 radical (unpaired) electrons. The van der Waals surface area contributed by atoms with Crippen LogP contribution in [0.4, 0.5) is 5.95 Å². The number of nitrogens with zero attached hydrogens (tertiary/aromatic N) is 5. The molecule has 0 unspecified atom stereocenters. The molecule has 0 aliphatic carbocycles. The molecule has 0 saturated carbocycles. The number of ether oxygens (including phenoxy) is 1. The largest absolute Gasteiger partial charge is 0.494 e. The normalized spacial score (nSPS) is 11.2. The van der Waals surface area contributed by atoms with E-state index < -0.39 is 0 Å². The van der Waals surface area contributed by atoms with E-state index in [4.69, 9.17) is 9.72 Å². The molecule has 2 aromatic carbocycles. The van der Waals surface area contributed by atoms with Gasteiger partial charge in [0.1, 0.15) is 11.6 Å². The quantitative estimate of drug-likeness (QED) is 0.500. The number of hydrogen-bond acceptors (Lipinski definition) is 5. The maximum atomic E-state index is 5.77. The summed E-state index contributed by atoms with van der Waals surface area (Å²) >= 11 is 0. The number of rotatable bonds is 6. The van der Waals surface area contributed by atoms with Gasteiger partial charge >= 0.3 is 0 Å². The zero-order valence-corrected chi connectivity index (χ0v) is 15.0. The molecule has 0 aliphatic rings. The van der Waals surface area contributed by atoms with Crippen molar-refractivity contribution in [2.45, 2.75) is 13.3 Å².